The van der Waals surface area contributed by atoms with Crippen molar-refractivity contribution >= 4 is 5.97 Å². The Morgan fingerprint density at radius 3 is 2.53 bits per heavy atom. The van der Waals surface area contributed by atoms with E-state index in [2.05, 4.69) is 11.7 Å². The largest absolute Gasteiger partial charge is 0.490 e. The highest BCUT2D eigenvalue weighted by molar-refractivity contribution is 5.89. The molecule has 0 N–H and O–H groups in total. The minimum Gasteiger partial charge on any atom is -0.490 e. The van der Waals surface area contributed by atoms with Crippen molar-refractivity contribution in [1.82, 2.24) is 0 Å². The second-order valence-corrected chi connectivity index (χ2v) is 4.14. The van der Waals surface area contributed by atoms with E-state index >= 15 is 0 Å². The lowest BCUT2D eigenvalue weighted by molar-refractivity contribution is 0.0594. The van der Waals surface area contributed by atoms with Gasteiger partial charge in [-0.05, 0) is 18.6 Å². The van der Waals surface area contributed by atoms with Crippen molar-refractivity contribution in [1.29, 1.82) is 0 Å². The van der Waals surface area contributed by atoms with Crippen molar-refractivity contribution in [2.75, 3.05) is 13.7 Å². The zero-order chi connectivity index (χ0) is 14.3. The van der Waals surface area contributed by atoms with Crippen LogP contribution in [0.15, 0.2) is 12.1 Å². The minimum absolute atomic E-state index is 0.179. The fourth-order valence-corrected chi connectivity index (χ4v) is 1.62. The Labute approximate surface area is 111 Å². The second-order valence-electron chi connectivity index (χ2n) is 4.14. The summed E-state index contributed by atoms with van der Waals surface area (Å²) in [6.45, 7) is 2.41. The van der Waals surface area contributed by atoms with Crippen molar-refractivity contribution in [3.8, 4) is 5.75 Å². The van der Waals surface area contributed by atoms with Crippen LogP contribution in [0.25, 0.3) is 0 Å². The number of methoxy groups -OCH3 is 1. The lowest BCUT2D eigenvalue weighted by Gasteiger charge is -2.09. The topological polar surface area (TPSA) is 35.5 Å². The number of hydrogen-bond donors (Lipinski definition) is 0. The van der Waals surface area contributed by atoms with Gasteiger partial charge in [0, 0.05) is 0 Å². The first-order valence-corrected chi connectivity index (χ1v) is 6.31. The van der Waals surface area contributed by atoms with Gasteiger partial charge in [-0.3, -0.25) is 0 Å². The summed E-state index contributed by atoms with van der Waals surface area (Å²) in [5.74, 6) is -3.48. The average molecular weight is 272 g/mol. The molecule has 0 fully saturated rings. The first kappa shape index (κ1) is 15.4. The van der Waals surface area contributed by atoms with Crippen LogP contribution in [-0.4, -0.2) is 19.7 Å². The maximum absolute atomic E-state index is 13.6. The van der Waals surface area contributed by atoms with E-state index in [0.29, 0.717) is 6.61 Å². The molecule has 0 aromatic heterocycles. The van der Waals surface area contributed by atoms with E-state index in [1.54, 1.807) is 0 Å². The number of carbonyl (C=O) groups is 1. The van der Waals surface area contributed by atoms with Crippen LogP contribution >= 0.6 is 0 Å². The number of benzene rings is 1. The Kier molecular flexibility index (Phi) is 6.25. The summed E-state index contributed by atoms with van der Waals surface area (Å²) in [6.07, 6.45) is 3.95. The quantitative estimate of drug-likeness (QED) is 0.560. The van der Waals surface area contributed by atoms with Gasteiger partial charge in [0.05, 0.1) is 19.3 Å². The Balaban J connectivity index is 2.66. The number of rotatable bonds is 7. The van der Waals surface area contributed by atoms with E-state index in [4.69, 9.17) is 4.74 Å². The molecular weight excluding hydrogens is 254 g/mol. The third kappa shape index (κ3) is 4.19. The highest BCUT2D eigenvalue weighted by Gasteiger charge is 2.19. The molecule has 19 heavy (non-hydrogen) atoms. The van der Waals surface area contributed by atoms with E-state index in [1.807, 2.05) is 0 Å². The van der Waals surface area contributed by atoms with Crippen LogP contribution in [-0.2, 0) is 4.74 Å². The number of unbranched alkanes of at least 4 members (excludes halogenated alkanes) is 3. The van der Waals surface area contributed by atoms with Crippen molar-refractivity contribution in [2.45, 2.75) is 32.6 Å². The van der Waals surface area contributed by atoms with Gasteiger partial charge < -0.3 is 9.47 Å². The first-order chi connectivity index (χ1) is 9.11. The molecule has 0 spiro atoms. The highest BCUT2D eigenvalue weighted by Crippen LogP contribution is 2.23. The molecule has 0 aliphatic carbocycles. The van der Waals surface area contributed by atoms with Crippen LogP contribution < -0.4 is 4.74 Å². The van der Waals surface area contributed by atoms with Gasteiger partial charge in [-0.25, -0.2) is 9.18 Å². The third-order valence-electron chi connectivity index (χ3n) is 2.71. The van der Waals surface area contributed by atoms with Gasteiger partial charge >= 0.3 is 5.97 Å². The maximum atomic E-state index is 13.6. The van der Waals surface area contributed by atoms with Crippen LogP contribution in [0.5, 0.6) is 5.75 Å². The summed E-state index contributed by atoms with van der Waals surface area (Å²) in [4.78, 5) is 11.2. The van der Waals surface area contributed by atoms with Crippen LogP contribution in [0.2, 0.25) is 0 Å². The lowest BCUT2D eigenvalue weighted by Crippen LogP contribution is -2.08. The summed E-state index contributed by atoms with van der Waals surface area (Å²) >= 11 is 0. The van der Waals surface area contributed by atoms with E-state index in [1.165, 1.54) is 6.07 Å². The molecule has 5 heteroatoms. The summed E-state index contributed by atoms with van der Waals surface area (Å²) < 4.78 is 36.7. The Morgan fingerprint density at radius 1 is 1.16 bits per heavy atom. The number of halogens is 2. The molecule has 1 rings (SSSR count). The molecule has 106 valence electrons. The molecule has 1 aromatic rings. The highest BCUT2D eigenvalue weighted by atomic mass is 19.2. The molecule has 0 radical (unpaired) electrons. The zero-order valence-electron chi connectivity index (χ0n) is 11.2. The standard InChI is InChI=1S/C14H18F2O3/c1-3-4-5-6-9-19-11-8-7-10(14(17)18-2)12(15)13(11)16/h7-8H,3-6,9H2,1-2H3. The zero-order valence-corrected chi connectivity index (χ0v) is 11.2. The van der Waals surface area contributed by atoms with Crippen molar-refractivity contribution in [3.05, 3.63) is 29.3 Å². The third-order valence-corrected chi connectivity index (χ3v) is 2.71. The Morgan fingerprint density at radius 2 is 1.89 bits per heavy atom. The summed E-state index contributed by atoms with van der Waals surface area (Å²) in [5.41, 5.74) is -0.432. The van der Waals surface area contributed by atoms with Crippen LogP contribution in [0.4, 0.5) is 8.78 Å². The Hall–Kier alpha value is -1.65. The minimum atomic E-state index is -1.24. The molecule has 0 amide bonds. The van der Waals surface area contributed by atoms with Crippen LogP contribution in [0.3, 0.4) is 0 Å². The summed E-state index contributed by atoms with van der Waals surface area (Å²) in [7, 11) is 1.11. The molecule has 1 aromatic carbocycles. The molecular formula is C14H18F2O3. The van der Waals surface area contributed by atoms with E-state index in [0.717, 1.165) is 38.9 Å². The molecule has 3 nitrogen and oxygen atoms in total. The van der Waals surface area contributed by atoms with E-state index in [-0.39, 0.29) is 5.75 Å². The number of esters is 1. The summed E-state index contributed by atoms with van der Waals surface area (Å²) in [6, 6.07) is 2.40. The molecule has 0 bridgehead atoms. The van der Waals surface area contributed by atoms with Gasteiger partial charge in [-0.15, -0.1) is 0 Å². The monoisotopic (exact) mass is 272 g/mol. The Bertz CT molecular complexity index is 433. The lowest BCUT2D eigenvalue weighted by atomic mass is 10.2. The SMILES string of the molecule is CCCCCCOc1ccc(C(=O)OC)c(F)c1F. The fraction of sp³-hybridized carbons (Fsp3) is 0.500. The molecule has 0 atom stereocenters. The molecule has 0 aliphatic heterocycles. The fourth-order valence-electron chi connectivity index (χ4n) is 1.62. The van der Waals surface area contributed by atoms with Gasteiger partial charge in [0.25, 0.3) is 0 Å². The number of hydrogen-bond acceptors (Lipinski definition) is 3. The molecule has 0 aliphatic rings. The smallest absolute Gasteiger partial charge is 0.340 e. The van der Waals surface area contributed by atoms with E-state index < -0.39 is 23.2 Å². The maximum Gasteiger partial charge on any atom is 0.340 e. The van der Waals surface area contributed by atoms with Crippen molar-refractivity contribution in [2.24, 2.45) is 0 Å². The molecule has 0 unspecified atom stereocenters. The normalized spacial score (nSPS) is 10.3. The number of ether oxygens (including phenoxy) is 2. The first-order valence-electron chi connectivity index (χ1n) is 6.31. The molecule has 0 saturated heterocycles. The molecule has 0 saturated carbocycles. The van der Waals surface area contributed by atoms with Crippen molar-refractivity contribution in [3.63, 3.8) is 0 Å². The van der Waals surface area contributed by atoms with Gasteiger partial charge in [0.1, 0.15) is 0 Å². The van der Waals surface area contributed by atoms with Gasteiger partial charge in [0.15, 0.2) is 11.6 Å². The predicted molar refractivity (Wildman–Crippen MR) is 67.3 cm³/mol. The number of carbonyl (C=O) groups excluding carboxylic acids is 1. The van der Waals surface area contributed by atoms with Gasteiger partial charge in [-0.1, -0.05) is 26.2 Å². The van der Waals surface area contributed by atoms with E-state index in [9.17, 15) is 13.6 Å². The van der Waals surface area contributed by atoms with Gasteiger partial charge in [0.2, 0.25) is 5.82 Å². The average Bonchev–Trinajstić information content (AvgIpc) is 2.42. The predicted octanol–water partition coefficient (Wildman–Crippen LogP) is 3.71. The summed E-state index contributed by atoms with van der Waals surface area (Å²) in [5, 5.41) is 0. The molecule has 0 heterocycles. The van der Waals surface area contributed by atoms with Crippen LogP contribution in [0, 0.1) is 11.6 Å². The van der Waals surface area contributed by atoms with Gasteiger partial charge in [-0.2, -0.15) is 4.39 Å². The van der Waals surface area contributed by atoms with Crippen molar-refractivity contribution < 1.29 is 23.0 Å². The second kappa shape index (κ2) is 7.71. The van der Waals surface area contributed by atoms with Crippen LogP contribution in [0.1, 0.15) is 43.0 Å².